The summed E-state index contributed by atoms with van der Waals surface area (Å²) in [5, 5.41) is 4.38. The molecule has 0 fully saturated rings. The van der Waals surface area contributed by atoms with Crippen molar-refractivity contribution < 1.29 is 0 Å². The molecule has 0 amide bonds. The summed E-state index contributed by atoms with van der Waals surface area (Å²) in [5.41, 5.74) is 2.05. The lowest BCUT2D eigenvalue weighted by Crippen LogP contribution is -2.20. The summed E-state index contributed by atoms with van der Waals surface area (Å²) in [6.45, 7) is 4.44. The van der Waals surface area contributed by atoms with Gasteiger partial charge < -0.3 is 9.88 Å². The van der Waals surface area contributed by atoms with Gasteiger partial charge in [-0.15, -0.1) is 0 Å². The third-order valence-electron chi connectivity index (χ3n) is 3.38. The Hall–Kier alpha value is -1.48. The van der Waals surface area contributed by atoms with Crippen LogP contribution in [-0.4, -0.2) is 15.6 Å². The zero-order valence-electron chi connectivity index (χ0n) is 12.1. The average Bonchev–Trinajstić information content (AvgIpc) is 2.93. The maximum absolute atomic E-state index is 6.37. The molecular formula is C16H22ClN3. The van der Waals surface area contributed by atoms with E-state index in [2.05, 4.69) is 30.2 Å². The van der Waals surface area contributed by atoms with E-state index in [4.69, 9.17) is 11.6 Å². The monoisotopic (exact) mass is 291 g/mol. The molecule has 0 aliphatic heterocycles. The van der Waals surface area contributed by atoms with Gasteiger partial charge >= 0.3 is 0 Å². The van der Waals surface area contributed by atoms with Gasteiger partial charge in [0, 0.05) is 18.4 Å². The molecule has 0 saturated heterocycles. The smallest absolute Gasteiger partial charge is 0.0992 e. The van der Waals surface area contributed by atoms with Crippen molar-refractivity contribution in [3.8, 4) is 5.69 Å². The van der Waals surface area contributed by atoms with Crippen LogP contribution in [0.2, 0.25) is 5.02 Å². The normalized spacial score (nSPS) is 11.0. The average molecular weight is 292 g/mol. The molecule has 0 spiro atoms. The van der Waals surface area contributed by atoms with Gasteiger partial charge in [0.15, 0.2) is 0 Å². The number of rotatable bonds is 7. The Morgan fingerprint density at radius 2 is 2.00 bits per heavy atom. The van der Waals surface area contributed by atoms with E-state index in [1.54, 1.807) is 12.5 Å². The third kappa shape index (κ3) is 3.54. The molecule has 2 rings (SSSR count). The van der Waals surface area contributed by atoms with E-state index in [0.29, 0.717) is 6.04 Å². The molecule has 0 aliphatic rings. The van der Waals surface area contributed by atoms with Crippen LogP contribution in [0.5, 0.6) is 0 Å². The molecule has 0 bridgehead atoms. The number of anilines is 1. The molecular weight excluding hydrogens is 270 g/mol. The minimum absolute atomic E-state index is 0.491. The third-order valence-corrected chi connectivity index (χ3v) is 3.69. The summed E-state index contributed by atoms with van der Waals surface area (Å²) in [7, 11) is 0. The second kappa shape index (κ2) is 7.34. The minimum atomic E-state index is 0.491. The molecule has 20 heavy (non-hydrogen) atoms. The zero-order valence-corrected chi connectivity index (χ0v) is 12.9. The van der Waals surface area contributed by atoms with Crippen molar-refractivity contribution in [1.29, 1.82) is 0 Å². The lowest BCUT2D eigenvalue weighted by atomic mass is 10.1. The first-order chi connectivity index (χ1) is 9.76. The number of aromatic nitrogens is 2. The van der Waals surface area contributed by atoms with Crippen LogP contribution in [0.4, 0.5) is 5.69 Å². The first kappa shape index (κ1) is 14.9. The second-order valence-electron chi connectivity index (χ2n) is 5.02. The van der Waals surface area contributed by atoms with Gasteiger partial charge in [0.2, 0.25) is 0 Å². The molecule has 1 N–H and O–H groups in total. The van der Waals surface area contributed by atoms with Crippen LogP contribution < -0.4 is 5.32 Å². The van der Waals surface area contributed by atoms with Crippen LogP contribution in [0.25, 0.3) is 5.69 Å². The molecule has 0 radical (unpaired) electrons. The summed E-state index contributed by atoms with van der Waals surface area (Å²) in [5.74, 6) is 0. The van der Waals surface area contributed by atoms with Crippen molar-refractivity contribution in [1.82, 2.24) is 9.55 Å². The van der Waals surface area contributed by atoms with Gasteiger partial charge in [-0.2, -0.15) is 0 Å². The van der Waals surface area contributed by atoms with Crippen molar-refractivity contribution in [3.63, 3.8) is 0 Å². The molecule has 1 heterocycles. The van der Waals surface area contributed by atoms with E-state index in [1.165, 1.54) is 25.7 Å². The molecule has 108 valence electrons. The van der Waals surface area contributed by atoms with Crippen LogP contribution in [0.1, 0.15) is 39.5 Å². The number of benzene rings is 1. The van der Waals surface area contributed by atoms with Gasteiger partial charge in [0.1, 0.15) is 0 Å². The van der Waals surface area contributed by atoms with Gasteiger partial charge in [-0.05, 0) is 25.0 Å². The minimum Gasteiger partial charge on any atom is -0.381 e. The van der Waals surface area contributed by atoms with Crippen molar-refractivity contribution in [2.75, 3.05) is 5.32 Å². The molecule has 0 atom stereocenters. The van der Waals surface area contributed by atoms with Crippen molar-refractivity contribution in [2.45, 2.75) is 45.6 Å². The van der Waals surface area contributed by atoms with E-state index in [9.17, 15) is 0 Å². The summed E-state index contributed by atoms with van der Waals surface area (Å²) in [6, 6.07) is 6.47. The maximum Gasteiger partial charge on any atom is 0.0992 e. The summed E-state index contributed by atoms with van der Waals surface area (Å²) in [4.78, 5) is 4.11. The summed E-state index contributed by atoms with van der Waals surface area (Å²) < 4.78 is 1.96. The van der Waals surface area contributed by atoms with Gasteiger partial charge in [0.25, 0.3) is 0 Å². The number of para-hydroxylation sites is 1. The van der Waals surface area contributed by atoms with Crippen LogP contribution >= 0.6 is 11.6 Å². The van der Waals surface area contributed by atoms with Crippen molar-refractivity contribution in [3.05, 3.63) is 41.9 Å². The molecule has 1 aromatic carbocycles. The van der Waals surface area contributed by atoms with E-state index >= 15 is 0 Å². The number of imidazole rings is 1. The Morgan fingerprint density at radius 1 is 1.25 bits per heavy atom. The van der Waals surface area contributed by atoms with Crippen LogP contribution in [-0.2, 0) is 0 Å². The predicted octanol–water partition coefficient (Wildman–Crippen LogP) is 4.91. The fourth-order valence-electron chi connectivity index (χ4n) is 2.49. The van der Waals surface area contributed by atoms with E-state index in [1.807, 2.05) is 22.9 Å². The van der Waals surface area contributed by atoms with Crippen molar-refractivity contribution >= 4 is 17.3 Å². The van der Waals surface area contributed by atoms with E-state index < -0.39 is 0 Å². The molecule has 3 nitrogen and oxygen atoms in total. The zero-order chi connectivity index (χ0) is 14.4. The van der Waals surface area contributed by atoms with Gasteiger partial charge in [-0.1, -0.05) is 44.4 Å². The predicted molar refractivity (Wildman–Crippen MR) is 85.8 cm³/mol. The van der Waals surface area contributed by atoms with Gasteiger partial charge in [0.05, 0.1) is 22.7 Å². The summed E-state index contributed by atoms with van der Waals surface area (Å²) >= 11 is 6.37. The Bertz CT molecular complexity index is 517. The largest absolute Gasteiger partial charge is 0.381 e. The number of hydrogen-bond acceptors (Lipinski definition) is 2. The summed E-state index contributed by atoms with van der Waals surface area (Å²) in [6.07, 6.45) is 10.2. The van der Waals surface area contributed by atoms with Gasteiger partial charge in [-0.25, -0.2) is 4.98 Å². The quantitative estimate of drug-likeness (QED) is 0.786. The van der Waals surface area contributed by atoms with E-state index in [-0.39, 0.29) is 0 Å². The first-order valence-electron chi connectivity index (χ1n) is 7.29. The molecule has 0 saturated carbocycles. The molecule has 1 aromatic heterocycles. The fraction of sp³-hybridized carbons (Fsp3) is 0.438. The second-order valence-corrected chi connectivity index (χ2v) is 5.43. The maximum atomic E-state index is 6.37. The Kier molecular flexibility index (Phi) is 5.48. The lowest BCUT2D eigenvalue weighted by Gasteiger charge is -2.21. The van der Waals surface area contributed by atoms with Crippen LogP contribution in [0.15, 0.2) is 36.9 Å². The number of nitrogens with zero attached hydrogens (tertiary/aromatic N) is 2. The molecule has 4 heteroatoms. The lowest BCUT2D eigenvalue weighted by molar-refractivity contribution is 0.586. The van der Waals surface area contributed by atoms with E-state index in [0.717, 1.165) is 16.4 Å². The number of halogens is 1. The molecule has 0 aliphatic carbocycles. The molecule has 0 unspecified atom stereocenters. The highest BCUT2D eigenvalue weighted by Crippen LogP contribution is 2.29. The van der Waals surface area contributed by atoms with Crippen LogP contribution in [0, 0.1) is 0 Å². The Labute approximate surface area is 126 Å². The van der Waals surface area contributed by atoms with Crippen LogP contribution in [0.3, 0.4) is 0 Å². The standard InChI is InChI=1S/C16H22ClN3/c1-3-6-13(7-4-2)19-15-9-5-8-14(17)16(15)20-11-10-18-12-20/h5,8-13,19H,3-4,6-7H2,1-2H3. The highest BCUT2D eigenvalue weighted by molar-refractivity contribution is 6.33. The SMILES string of the molecule is CCCC(CCC)Nc1cccc(Cl)c1-n1ccnc1. The Balaban J connectivity index is 2.29. The highest BCUT2D eigenvalue weighted by Gasteiger charge is 2.12. The highest BCUT2D eigenvalue weighted by atomic mass is 35.5. The first-order valence-corrected chi connectivity index (χ1v) is 7.67. The van der Waals surface area contributed by atoms with Crippen molar-refractivity contribution in [2.24, 2.45) is 0 Å². The topological polar surface area (TPSA) is 29.9 Å². The van der Waals surface area contributed by atoms with Gasteiger partial charge in [-0.3, -0.25) is 0 Å². The number of hydrogen-bond donors (Lipinski definition) is 1. The molecule has 2 aromatic rings. The Morgan fingerprint density at radius 3 is 2.60 bits per heavy atom. The fourth-order valence-corrected chi connectivity index (χ4v) is 2.76. The number of nitrogens with one attached hydrogen (secondary N) is 1.